The smallest absolute Gasteiger partial charge is 0.256 e. The van der Waals surface area contributed by atoms with Gasteiger partial charge in [-0.2, -0.15) is 0 Å². The molecule has 1 heterocycles. The van der Waals surface area contributed by atoms with Crippen LogP contribution in [-0.4, -0.2) is 24.3 Å². The second kappa shape index (κ2) is 5.09. The van der Waals surface area contributed by atoms with Gasteiger partial charge >= 0.3 is 0 Å². The summed E-state index contributed by atoms with van der Waals surface area (Å²) in [5, 5.41) is 6.67. The average Bonchev–Trinajstić information content (AvgIpc) is 3.15. The number of nitrogen functional groups attached to an aromatic ring is 1. The zero-order valence-electron chi connectivity index (χ0n) is 12.3. The van der Waals surface area contributed by atoms with Crippen LogP contribution in [0.4, 0.5) is 10.7 Å². The van der Waals surface area contributed by atoms with E-state index in [2.05, 4.69) is 24.5 Å². The fraction of sp³-hybridized carbons (Fsp3) is 0.571. The third kappa shape index (κ3) is 2.65. The molecule has 4 N–H and O–H groups in total. The maximum absolute atomic E-state index is 12.0. The van der Waals surface area contributed by atoms with Crippen LogP contribution in [0.2, 0.25) is 0 Å². The summed E-state index contributed by atoms with van der Waals surface area (Å²) < 4.78 is 0. The van der Waals surface area contributed by atoms with E-state index in [1.54, 1.807) is 7.05 Å². The van der Waals surface area contributed by atoms with Crippen molar-refractivity contribution in [3.63, 3.8) is 0 Å². The van der Waals surface area contributed by atoms with Gasteiger partial charge in [-0.3, -0.25) is 9.59 Å². The second-order valence-electron chi connectivity index (χ2n) is 5.81. The van der Waals surface area contributed by atoms with Crippen molar-refractivity contribution in [1.82, 2.24) is 5.32 Å². The number of hydrogen-bond acceptors (Lipinski definition) is 5. The number of Topliss-reactive ketones (excluding diaryl/α,β-unsaturated/α-hetero) is 1. The Bertz CT molecular complexity index is 559. The highest BCUT2D eigenvalue weighted by molar-refractivity contribution is 7.19. The zero-order valence-corrected chi connectivity index (χ0v) is 13.1. The first-order valence-electron chi connectivity index (χ1n) is 6.71. The standard InChI is InChI=1S/C14H21N3O2S/c1-7(18)11-10(15)9(12(19)16-4)13(20-11)17-14(2,3)8-5-6-8/h8,17H,5-6,15H2,1-4H3,(H,16,19). The predicted molar refractivity (Wildman–Crippen MR) is 82.6 cm³/mol. The van der Waals surface area contributed by atoms with E-state index in [0.717, 1.165) is 0 Å². The molecule has 1 fully saturated rings. The first kappa shape index (κ1) is 14.8. The minimum Gasteiger partial charge on any atom is -0.397 e. The van der Waals surface area contributed by atoms with Gasteiger partial charge in [0.1, 0.15) is 5.00 Å². The largest absolute Gasteiger partial charge is 0.397 e. The molecule has 0 bridgehead atoms. The van der Waals surface area contributed by atoms with Gasteiger partial charge in [0, 0.05) is 19.5 Å². The lowest BCUT2D eigenvalue weighted by molar-refractivity contribution is 0.0965. The minimum absolute atomic E-state index is 0.103. The molecule has 1 aliphatic carbocycles. The molecule has 1 amide bonds. The molecule has 0 atom stereocenters. The molecule has 1 aromatic rings. The van der Waals surface area contributed by atoms with Crippen LogP contribution in [0.15, 0.2) is 0 Å². The molecule has 0 unspecified atom stereocenters. The van der Waals surface area contributed by atoms with Crippen molar-refractivity contribution < 1.29 is 9.59 Å². The SMILES string of the molecule is CNC(=O)c1c(NC(C)(C)C2CC2)sc(C(C)=O)c1N. The number of carbonyl (C=O) groups excluding carboxylic acids is 2. The number of hydrogen-bond donors (Lipinski definition) is 3. The molecule has 1 aromatic heterocycles. The molecule has 2 rings (SSSR count). The maximum atomic E-state index is 12.0. The number of nitrogens with two attached hydrogens (primary N) is 1. The van der Waals surface area contributed by atoms with Crippen LogP contribution in [0.3, 0.4) is 0 Å². The van der Waals surface area contributed by atoms with Crippen LogP contribution in [0, 0.1) is 5.92 Å². The van der Waals surface area contributed by atoms with Crippen molar-refractivity contribution in [3.05, 3.63) is 10.4 Å². The van der Waals surface area contributed by atoms with Gasteiger partial charge in [-0.15, -0.1) is 11.3 Å². The summed E-state index contributed by atoms with van der Waals surface area (Å²) >= 11 is 1.26. The van der Waals surface area contributed by atoms with E-state index < -0.39 is 0 Å². The number of carbonyl (C=O) groups is 2. The molecule has 1 saturated carbocycles. The molecule has 6 heteroatoms. The summed E-state index contributed by atoms with van der Waals surface area (Å²) in [6, 6.07) is 0. The third-order valence-electron chi connectivity index (χ3n) is 3.75. The van der Waals surface area contributed by atoms with Gasteiger partial charge in [-0.25, -0.2) is 0 Å². The Balaban J connectivity index is 2.42. The zero-order chi connectivity index (χ0) is 15.1. The number of amides is 1. The van der Waals surface area contributed by atoms with Gasteiger partial charge in [-0.05, 0) is 32.6 Å². The molecule has 0 radical (unpaired) electrons. The summed E-state index contributed by atoms with van der Waals surface area (Å²) in [5.41, 5.74) is 6.54. The third-order valence-corrected chi connectivity index (χ3v) is 4.97. The van der Waals surface area contributed by atoms with Crippen molar-refractivity contribution in [2.75, 3.05) is 18.1 Å². The van der Waals surface area contributed by atoms with E-state index >= 15 is 0 Å². The van der Waals surface area contributed by atoms with Crippen LogP contribution in [0.25, 0.3) is 0 Å². The molecule has 0 aromatic carbocycles. The van der Waals surface area contributed by atoms with Gasteiger partial charge < -0.3 is 16.4 Å². The average molecular weight is 295 g/mol. The minimum atomic E-state index is -0.264. The summed E-state index contributed by atoms with van der Waals surface area (Å²) in [7, 11) is 1.56. The van der Waals surface area contributed by atoms with E-state index in [-0.39, 0.29) is 22.9 Å². The fourth-order valence-electron chi connectivity index (χ4n) is 2.34. The fourth-order valence-corrected chi connectivity index (χ4v) is 3.52. The van der Waals surface area contributed by atoms with Crippen molar-refractivity contribution in [1.29, 1.82) is 0 Å². The molecular formula is C14H21N3O2S. The summed E-state index contributed by atoms with van der Waals surface area (Å²) in [6.45, 7) is 5.69. The highest BCUT2D eigenvalue weighted by atomic mass is 32.1. The second-order valence-corrected chi connectivity index (χ2v) is 6.83. The van der Waals surface area contributed by atoms with Gasteiger partial charge in [0.2, 0.25) is 0 Å². The predicted octanol–water partition coefficient (Wildman–Crippen LogP) is 2.49. The first-order chi connectivity index (χ1) is 9.27. The van der Waals surface area contributed by atoms with Gasteiger partial charge in [0.05, 0.1) is 16.1 Å². The lowest BCUT2D eigenvalue weighted by Crippen LogP contribution is -2.34. The van der Waals surface area contributed by atoms with Crippen LogP contribution < -0.4 is 16.4 Å². The molecule has 1 aliphatic rings. The molecule has 0 aliphatic heterocycles. The van der Waals surface area contributed by atoms with Gasteiger partial charge in [-0.1, -0.05) is 0 Å². The Labute approximate surface area is 122 Å². The van der Waals surface area contributed by atoms with Crippen LogP contribution in [-0.2, 0) is 0 Å². The summed E-state index contributed by atoms with van der Waals surface area (Å²) in [6.07, 6.45) is 2.38. The lowest BCUT2D eigenvalue weighted by Gasteiger charge is -2.27. The van der Waals surface area contributed by atoms with Crippen molar-refractivity contribution in [2.24, 2.45) is 5.92 Å². The van der Waals surface area contributed by atoms with Crippen molar-refractivity contribution in [3.8, 4) is 0 Å². The monoisotopic (exact) mass is 295 g/mol. The number of nitrogens with one attached hydrogen (secondary N) is 2. The highest BCUT2D eigenvalue weighted by Gasteiger charge is 2.39. The van der Waals surface area contributed by atoms with Crippen LogP contribution in [0.1, 0.15) is 53.6 Å². The topological polar surface area (TPSA) is 84.2 Å². The Hall–Kier alpha value is -1.56. The lowest BCUT2D eigenvalue weighted by atomic mass is 9.99. The molecular weight excluding hydrogens is 274 g/mol. The van der Waals surface area contributed by atoms with E-state index in [9.17, 15) is 9.59 Å². The van der Waals surface area contributed by atoms with Crippen LogP contribution >= 0.6 is 11.3 Å². The Kier molecular flexibility index (Phi) is 3.77. The first-order valence-corrected chi connectivity index (χ1v) is 7.53. The Morgan fingerprint density at radius 3 is 2.40 bits per heavy atom. The van der Waals surface area contributed by atoms with Crippen molar-refractivity contribution >= 4 is 33.7 Å². The quantitative estimate of drug-likeness (QED) is 0.729. The van der Waals surface area contributed by atoms with E-state index in [4.69, 9.17) is 5.73 Å². The summed E-state index contributed by atoms with van der Waals surface area (Å²) in [4.78, 5) is 24.1. The van der Waals surface area contributed by atoms with E-state index in [1.165, 1.54) is 31.1 Å². The van der Waals surface area contributed by atoms with Gasteiger partial charge in [0.15, 0.2) is 5.78 Å². The Morgan fingerprint density at radius 2 is 1.95 bits per heavy atom. The summed E-state index contributed by atoms with van der Waals surface area (Å²) in [5.74, 6) is 0.222. The van der Waals surface area contributed by atoms with Crippen LogP contribution in [0.5, 0.6) is 0 Å². The molecule has 0 saturated heterocycles. The maximum Gasteiger partial charge on any atom is 0.256 e. The normalized spacial score (nSPS) is 15.0. The number of rotatable bonds is 5. The molecule has 5 nitrogen and oxygen atoms in total. The number of anilines is 2. The molecule has 0 spiro atoms. The highest BCUT2D eigenvalue weighted by Crippen LogP contribution is 2.44. The van der Waals surface area contributed by atoms with E-state index in [1.807, 2.05) is 0 Å². The molecule has 110 valence electrons. The van der Waals surface area contributed by atoms with Crippen molar-refractivity contribution in [2.45, 2.75) is 39.2 Å². The molecule has 20 heavy (non-hydrogen) atoms. The number of ketones is 1. The van der Waals surface area contributed by atoms with E-state index in [0.29, 0.717) is 21.4 Å². The Morgan fingerprint density at radius 1 is 1.35 bits per heavy atom. The van der Waals surface area contributed by atoms with Gasteiger partial charge in [0.25, 0.3) is 5.91 Å². The number of thiophene rings is 1.